The van der Waals surface area contributed by atoms with Crippen molar-refractivity contribution < 1.29 is 0 Å². The third-order valence-electron chi connectivity index (χ3n) is 4.59. The Morgan fingerprint density at radius 1 is 0.947 bits per heavy atom. The third kappa shape index (κ3) is 2.65. The molecule has 0 aromatic heterocycles. The Morgan fingerprint density at radius 2 is 1.63 bits per heavy atom. The van der Waals surface area contributed by atoms with Crippen molar-refractivity contribution in [2.45, 2.75) is 38.0 Å². The van der Waals surface area contributed by atoms with Gasteiger partial charge in [0.2, 0.25) is 0 Å². The zero-order chi connectivity index (χ0) is 13.2. The minimum Gasteiger partial charge on any atom is -0.117 e. The van der Waals surface area contributed by atoms with Gasteiger partial charge in [0, 0.05) is 0 Å². The molecule has 2 aromatic rings. The van der Waals surface area contributed by atoms with Crippen molar-refractivity contribution in [2.75, 3.05) is 0 Å². The van der Waals surface area contributed by atoms with Crippen LogP contribution in [0, 0.1) is 11.8 Å². The minimum atomic E-state index is 0.165. The first-order valence-corrected chi connectivity index (χ1v) is 7.81. The molecule has 1 aliphatic rings. The molecule has 0 saturated heterocycles. The van der Waals surface area contributed by atoms with Gasteiger partial charge in [0.05, 0.1) is 5.38 Å². The van der Waals surface area contributed by atoms with Crippen LogP contribution in [0.2, 0.25) is 0 Å². The molecule has 0 bridgehead atoms. The highest BCUT2D eigenvalue weighted by molar-refractivity contribution is 6.22. The number of benzene rings is 2. The van der Waals surface area contributed by atoms with Crippen molar-refractivity contribution in [1.82, 2.24) is 0 Å². The Kier molecular flexibility index (Phi) is 3.79. The van der Waals surface area contributed by atoms with E-state index in [1.54, 1.807) is 0 Å². The summed E-state index contributed by atoms with van der Waals surface area (Å²) in [5, 5.41) is 2.79. The molecule has 0 spiro atoms. The lowest BCUT2D eigenvalue weighted by atomic mass is 9.79. The van der Waals surface area contributed by atoms with E-state index in [1.165, 1.54) is 42.0 Å². The SMILES string of the molecule is CC1CCC(C(Cl)c2cccc3ccccc23)CC1. The Morgan fingerprint density at radius 3 is 2.42 bits per heavy atom. The second-order valence-electron chi connectivity index (χ2n) is 5.99. The number of alkyl halides is 1. The van der Waals surface area contributed by atoms with Gasteiger partial charge in [0.25, 0.3) is 0 Å². The molecule has 19 heavy (non-hydrogen) atoms. The van der Waals surface area contributed by atoms with Crippen molar-refractivity contribution in [3.05, 3.63) is 48.0 Å². The number of halogens is 1. The van der Waals surface area contributed by atoms with E-state index in [1.807, 2.05) is 0 Å². The maximum atomic E-state index is 6.81. The highest BCUT2D eigenvalue weighted by atomic mass is 35.5. The van der Waals surface area contributed by atoms with Crippen molar-refractivity contribution >= 4 is 22.4 Å². The van der Waals surface area contributed by atoms with Crippen LogP contribution in [0.15, 0.2) is 42.5 Å². The molecule has 3 rings (SSSR count). The number of rotatable bonds is 2. The zero-order valence-corrected chi connectivity index (χ0v) is 12.2. The van der Waals surface area contributed by atoms with Gasteiger partial charge in [0.15, 0.2) is 0 Å². The van der Waals surface area contributed by atoms with Gasteiger partial charge in [-0.05, 0) is 41.0 Å². The predicted octanol–water partition coefficient (Wildman–Crippen LogP) is 5.95. The quantitative estimate of drug-likeness (QED) is 0.593. The van der Waals surface area contributed by atoms with Crippen molar-refractivity contribution in [3.8, 4) is 0 Å². The van der Waals surface area contributed by atoms with E-state index in [0.717, 1.165) is 5.92 Å². The van der Waals surface area contributed by atoms with Crippen LogP contribution in [0.3, 0.4) is 0 Å². The molecule has 1 atom stereocenters. The first-order chi connectivity index (χ1) is 9.25. The summed E-state index contributed by atoms with van der Waals surface area (Å²) >= 11 is 6.81. The molecule has 1 unspecified atom stereocenters. The number of hydrogen-bond donors (Lipinski definition) is 0. The van der Waals surface area contributed by atoms with Crippen molar-refractivity contribution in [1.29, 1.82) is 0 Å². The summed E-state index contributed by atoms with van der Waals surface area (Å²) in [5.74, 6) is 1.52. The summed E-state index contributed by atoms with van der Waals surface area (Å²) in [7, 11) is 0. The Labute approximate surface area is 120 Å². The minimum absolute atomic E-state index is 0.165. The average Bonchev–Trinajstić information content (AvgIpc) is 2.47. The van der Waals surface area contributed by atoms with E-state index in [-0.39, 0.29) is 5.38 Å². The first kappa shape index (κ1) is 13.0. The Bertz CT molecular complexity index is 547. The zero-order valence-electron chi connectivity index (χ0n) is 11.5. The predicted molar refractivity (Wildman–Crippen MR) is 83.7 cm³/mol. The van der Waals surface area contributed by atoms with E-state index in [2.05, 4.69) is 49.4 Å². The highest BCUT2D eigenvalue weighted by Gasteiger charge is 2.26. The molecule has 0 radical (unpaired) electrons. The molecule has 2 aromatic carbocycles. The van der Waals surface area contributed by atoms with Crippen LogP contribution in [0.1, 0.15) is 43.5 Å². The lowest BCUT2D eigenvalue weighted by molar-refractivity contribution is 0.284. The summed E-state index contributed by atoms with van der Waals surface area (Å²) in [6.07, 6.45) is 5.22. The van der Waals surface area contributed by atoms with Gasteiger partial charge in [-0.2, -0.15) is 0 Å². The topological polar surface area (TPSA) is 0 Å². The number of hydrogen-bond acceptors (Lipinski definition) is 0. The summed E-state index contributed by atoms with van der Waals surface area (Å²) in [5.41, 5.74) is 1.32. The van der Waals surface area contributed by atoms with Gasteiger partial charge in [-0.3, -0.25) is 0 Å². The maximum absolute atomic E-state index is 6.81. The molecule has 1 heteroatoms. The standard InChI is InChI=1S/C18H21Cl/c1-13-9-11-15(12-10-13)18(19)17-8-4-6-14-5-2-3-7-16(14)17/h2-8,13,15,18H,9-12H2,1H3. The van der Waals surface area contributed by atoms with Gasteiger partial charge in [0.1, 0.15) is 0 Å². The lowest BCUT2D eigenvalue weighted by Gasteiger charge is -2.30. The molecule has 0 heterocycles. The van der Waals surface area contributed by atoms with Crippen LogP contribution in [0.25, 0.3) is 10.8 Å². The molecular formula is C18H21Cl. The van der Waals surface area contributed by atoms with Gasteiger partial charge in [-0.15, -0.1) is 11.6 Å². The van der Waals surface area contributed by atoms with Crippen LogP contribution in [0.4, 0.5) is 0 Å². The van der Waals surface area contributed by atoms with Crippen LogP contribution in [-0.4, -0.2) is 0 Å². The first-order valence-electron chi connectivity index (χ1n) is 7.37. The van der Waals surface area contributed by atoms with Crippen LogP contribution < -0.4 is 0 Å². The van der Waals surface area contributed by atoms with Gasteiger partial charge < -0.3 is 0 Å². The summed E-state index contributed by atoms with van der Waals surface area (Å²) in [4.78, 5) is 0. The molecule has 1 saturated carbocycles. The van der Waals surface area contributed by atoms with E-state index in [4.69, 9.17) is 11.6 Å². The van der Waals surface area contributed by atoms with Crippen molar-refractivity contribution in [2.24, 2.45) is 11.8 Å². The fourth-order valence-corrected chi connectivity index (χ4v) is 3.77. The lowest BCUT2D eigenvalue weighted by Crippen LogP contribution is -2.16. The van der Waals surface area contributed by atoms with Gasteiger partial charge >= 0.3 is 0 Å². The van der Waals surface area contributed by atoms with E-state index < -0.39 is 0 Å². The normalized spacial score (nSPS) is 25.4. The van der Waals surface area contributed by atoms with E-state index >= 15 is 0 Å². The summed E-state index contributed by atoms with van der Waals surface area (Å²) in [6, 6.07) is 15.1. The fraction of sp³-hybridized carbons (Fsp3) is 0.444. The van der Waals surface area contributed by atoms with Gasteiger partial charge in [-0.25, -0.2) is 0 Å². The summed E-state index contributed by atoms with van der Waals surface area (Å²) < 4.78 is 0. The second-order valence-corrected chi connectivity index (χ2v) is 6.46. The highest BCUT2D eigenvalue weighted by Crippen LogP contribution is 2.42. The summed E-state index contributed by atoms with van der Waals surface area (Å²) in [6.45, 7) is 2.36. The van der Waals surface area contributed by atoms with E-state index in [9.17, 15) is 0 Å². The maximum Gasteiger partial charge on any atom is 0.0619 e. The van der Waals surface area contributed by atoms with Gasteiger partial charge in [-0.1, -0.05) is 62.2 Å². The Hall–Kier alpha value is -1.01. The Balaban J connectivity index is 1.91. The van der Waals surface area contributed by atoms with Crippen LogP contribution in [0.5, 0.6) is 0 Å². The molecular weight excluding hydrogens is 252 g/mol. The fourth-order valence-electron chi connectivity index (χ4n) is 3.32. The largest absolute Gasteiger partial charge is 0.117 e. The molecule has 0 N–H and O–H groups in total. The second kappa shape index (κ2) is 5.54. The van der Waals surface area contributed by atoms with E-state index in [0.29, 0.717) is 5.92 Å². The van der Waals surface area contributed by atoms with Crippen LogP contribution in [-0.2, 0) is 0 Å². The number of fused-ring (bicyclic) bond motifs is 1. The average molecular weight is 273 g/mol. The van der Waals surface area contributed by atoms with Crippen LogP contribution >= 0.6 is 11.6 Å². The smallest absolute Gasteiger partial charge is 0.0619 e. The third-order valence-corrected chi connectivity index (χ3v) is 5.19. The molecule has 0 amide bonds. The molecule has 100 valence electrons. The monoisotopic (exact) mass is 272 g/mol. The molecule has 1 aliphatic carbocycles. The van der Waals surface area contributed by atoms with Crippen molar-refractivity contribution in [3.63, 3.8) is 0 Å². The molecule has 0 nitrogen and oxygen atoms in total. The molecule has 1 fully saturated rings. The molecule has 0 aliphatic heterocycles.